The summed E-state index contributed by atoms with van der Waals surface area (Å²) in [5.74, 6) is 2.56. The molecule has 0 aliphatic carbocycles. The molecule has 2 saturated heterocycles. The standard InChI is InChI=1S/C8H14N2OS/c11-7-4-10-8(5-9-7)2-1-3-12-6-8/h10H,1-6H2,(H,9,11). The highest BCUT2D eigenvalue weighted by Gasteiger charge is 2.35. The maximum Gasteiger partial charge on any atom is 0.234 e. The van der Waals surface area contributed by atoms with Crippen molar-refractivity contribution >= 4 is 17.7 Å². The van der Waals surface area contributed by atoms with Gasteiger partial charge >= 0.3 is 0 Å². The second-order valence-electron chi connectivity index (χ2n) is 3.57. The Morgan fingerprint density at radius 1 is 1.50 bits per heavy atom. The largest absolute Gasteiger partial charge is 0.353 e. The molecule has 1 amide bonds. The highest BCUT2D eigenvalue weighted by molar-refractivity contribution is 7.99. The van der Waals surface area contributed by atoms with Crippen LogP contribution >= 0.6 is 11.8 Å². The molecule has 1 unspecified atom stereocenters. The Kier molecular flexibility index (Phi) is 2.28. The highest BCUT2D eigenvalue weighted by Crippen LogP contribution is 2.26. The van der Waals surface area contributed by atoms with Gasteiger partial charge in [0.2, 0.25) is 5.91 Å². The maximum absolute atomic E-state index is 10.9. The van der Waals surface area contributed by atoms with Gasteiger partial charge in [0.25, 0.3) is 0 Å². The zero-order valence-corrected chi connectivity index (χ0v) is 7.88. The van der Waals surface area contributed by atoms with Crippen molar-refractivity contribution in [3.8, 4) is 0 Å². The minimum Gasteiger partial charge on any atom is -0.353 e. The van der Waals surface area contributed by atoms with Crippen molar-refractivity contribution in [3.63, 3.8) is 0 Å². The predicted octanol–water partition coefficient (Wildman–Crippen LogP) is -0.0284. The quantitative estimate of drug-likeness (QED) is 0.558. The van der Waals surface area contributed by atoms with Gasteiger partial charge < -0.3 is 10.6 Å². The lowest BCUT2D eigenvalue weighted by molar-refractivity contribution is -0.122. The van der Waals surface area contributed by atoms with Crippen molar-refractivity contribution in [2.24, 2.45) is 0 Å². The first-order valence-electron chi connectivity index (χ1n) is 4.40. The lowest BCUT2D eigenvalue weighted by atomic mass is 9.93. The van der Waals surface area contributed by atoms with Crippen LogP contribution in [0.15, 0.2) is 0 Å². The van der Waals surface area contributed by atoms with Crippen LogP contribution in [0.5, 0.6) is 0 Å². The highest BCUT2D eigenvalue weighted by atomic mass is 32.2. The van der Waals surface area contributed by atoms with Gasteiger partial charge in [-0.05, 0) is 18.6 Å². The molecule has 3 nitrogen and oxygen atoms in total. The number of amides is 1. The fourth-order valence-corrected chi connectivity index (χ4v) is 3.02. The summed E-state index contributed by atoms with van der Waals surface area (Å²) in [6.45, 7) is 1.32. The van der Waals surface area contributed by atoms with E-state index in [1.807, 2.05) is 11.8 Å². The van der Waals surface area contributed by atoms with Gasteiger partial charge in [0.15, 0.2) is 0 Å². The van der Waals surface area contributed by atoms with Gasteiger partial charge in [0, 0.05) is 17.8 Å². The first-order valence-corrected chi connectivity index (χ1v) is 5.56. The summed E-state index contributed by atoms with van der Waals surface area (Å²) in [5, 5.41) is 6.28. The molecule has 0 aromatic rings. The Morgan fingerprint density at radius 3 is 3.00 bits per heavy atom. The summed E-state index contributed by atoms with van der Waals surface area (Å²) in [7, 11) is 0. The van der Waals surface area contributed by atoms with Crippen molar-refractivity contribution in [2.45, 2.75) is 18.4 Å². The summed E-state index contributed by atoms with van der Waals surface area (Å²) >= 11 is 1.99. The molecular weight excluding hydrogens is 172 g/mol. The van der Waals surface area contributed by atoms with Crippen LogP contribution in [-0.4, -0.2) is 36.0 Å². The molecule has 2 aliphatic rings. The van der Waals surface area contributed by atoms with Crippen LogP contribution in [0.1, 0.15) is 12.8 Å². The van der Waals surface area contributed by atoms with E-state index in [-0.39, 0.29) is 11.4 Å². The summed E-state index contributed by atoms with van der Waals surface area (Å²) in [6.07, 6.45) is 2.48. The Morgan fingerprint density at radius 2 is 2.42 bits per heavy atom. The van der Waals surface area contributed by atoms with E-state index in [0.717, 1.165) is 12.3 Å². The van der Waals surface area contributed by atoms with Gasteiger partial charge in [-0.3, -0.25) is 4.79 Å². The second-order valence-corrected chi connectivity index (χ2v) is 4.67. The summed E-state index contributed by atoms with van der Waals surface area (Å²) in [6, 6.07) is 0. The van der Waals surface area contributed by atoms with Gasteiger partial charge in [-0.25, -0.2) is 0 Å². The molecule has 12 heavy (non-hydrogen) atoms. The number of thioether (sulfide) groups is 1. The van der Waals surface area contributed by atoms with E-state index in [0.29, 0.717) is 6.54 Å². The average molecular weight is 186 g/mol. The monoisotopic (exact) mass is 186 g/mol. The van der Waals surface area contributed by atoms with Crippen LogP contribution in [0.25, 0.3) is 0 Å². The lowest BCUT2D eigenvalue weighted by Gasteiger charge is -2.40. The summed E-state index contributed by atoms with van der Waals surface area (Å²) < 4.78 is 0. The third-order valence-electron chi connectivity index (χ3n) is 2.57. The second kappa shape index (κ2) is 3.26. The number of hydrogen-bond donors (Lipinski definition) is 2. The van der Waals surface area contributed by atoms with Crippen LogP contribution < -0.4 is 10.6 Å². The van der Waals surface area contributed by atoms with Gasteiger partial charge in [-0.1, -0.05) is 0 Å². The Balaban J connectivity index is 1.96. The third-order valence-corrected chi connectivity index (χ3v) is 3.90. The molecule has 2 rings (SSSR count). The lowest BCUT2D eigenvalue weighted by Crippen LogP contribution is -2.63. The zero-order valence-electron chi connectivity index (χ0n) is 7.06. The molecule has 1 spiro atoms. The molecule has 0 bridgehead atoms. The molecule has 2 heterocycles. The fraction of sp³-hybridized carbons (Fsp3) is 0.875. The number of piperazine rings is 1. The minimum absolute atomic E-state index is 0.135. The minimum atomic E-state index is 0.135. The zero-order chi connectivity index (χ0) is 8.44. The SMILES string of the molecule is O=C1CNC2(CCCSC2)CN1. The van der Waals surface area contributed by atoms with E-state index in [9.17, 15) is 4.79 Å². The van der Waals surface area contributed by atoms with Crippen molar-refractivity contribution in [1.82, 2.24) is 10.6 Å². The van der Waals surface area contributed by atoms with E-state index in [1.165, 1.54) is 18.6 Å². The Hall–Kier alpha value is -0.220. The van der Waals surface area contributed by atoms with E-state index in [2.05, 4.69) is 10.6 Å². The van der Waals surface area contributed by atoms with E-state index < -0.39 is 0 Å². The molecular formula is C8H14N2OS. The molecule has 1 atom stereocenters. The van der Waals surface area contributed by atoms with E-state index >= 15 is 0 Å². The average Bonchev–Trinajstić information content (AvgIpc) is 2.13. The fourth-order valence-electron chi connectivity index (χ4n) is 1.79. The van der Waals surface area contributed by atoms with Crippen molar-refractivity contribution in [2.75, 3.05) is 24.6 Å². The molecule has 2 fully saturated rings. The molecule has 0 radical (unpaired) electrons. The van der Waals surface area contributed by atoms with Gasteiger partial charge in [-0.2, -0.15) is 11.8 Å². The number of rotatable bonds is 0. The van der Waals surface area contributed by atoms with Crippen molar-refractivity contribution < 1.29 is 4.79 Å². The molecule has 2 aliphatic heterocycles. The van der Waals surface area contributed by atoms with Gasteiger partial charge in [0.05, 0.1) is 6.54 Å². The van der Waals surface area contributed by atoms with Crippen LogP contribution in [0.3, 0.4) is 0 Å². The molecule has 68 valence electrons. The number of hydrogen-bond acceptors (Lipinski definition) is 3. The van der Waals surface area contributed by atoms with Gasteiger partial charge in [0.1, 0.15) is 0 Å². The smallest absolute Gasteiger partial charge is 0.234 e. The number of nitrogens with one attached hydrogen (secondary N) is 2. The third kappa shape index (κ3) is 1.59. The molecule has 0 saturated carbocycles. The predicted molar refractivity (Wildman–Crippen MR) is 50.3 cm³/mol. The molecule has 0 aromatic carbocycles. The topological polar surface area (TPSA) is 41.1 Å². The summed E-state index contributed by atoms with van der Waals surface area (Å²) in [4.78, 5) is 10.9. The molecule has 4 heteroatoms. The normalized spacial score (nSPS) is 36.5. The van der Waals surface area contributed by atoms with Crippen LogP contribution in [0.4, 0.5) is 0 Å². The van der Waals surface area contributed by atoms with Gasteiger partial charge in [-0.15, -0.1) is 0 Å². The van der Waals surface area contributed by atoms with Crippen LogP contribution in [-0.2, 0) is 4.79 Å². The Labute approximate surface area is 76.7 Å². The first-order chi connectivity index (χ1) is 5.81. The van der Waals surface area contributed by atoms with E-state index in [4.69, 9.17) is 0 Å². The maximum atomic E-state index is 10.9. The van der Waals surface area contributed by atoms with Crippen molar-refractivity contribution in [1.29, 1.82) is 0 Å². The number of carbonyl (C=O) groups excluding carboxylic acids is 1. The molecule has 2 N–H and O–H groups in total. The molecule has 0 aromatic heterocycles. The first kappa shape index (κ1) is 8.38. The summed E-state index contributed by atoms with van der Waals surface area (Å²) in [5.41, 5.74) is 0.219. The number of carbonyl (C=O) groups is 1. The van der Waals surface area contributed by atoms with Crippen LogP contribution in [0, 0.1) is 0 Å². The van der Waals surface area contributed by atoms with E-state index in [1.54, 1.807) is 0 Å². The van der Waals surface area contributed by atoms with Crippen molar-refractivity contribution in [3.05, 3.63) is 0 Å². The van der Waals surface area contributed by atoms with Crippen LogP contribution in [0.2, 0.25) is 0 Å². The Bertz CT molecular complexity index is 177.